The van der Waals surface area contributed by atoms with Gasteiger partial charge in [0.05, 0.1) is 18.7 Å². The molecule has 3 aliphatic rings. The Morgan fingerprint density at radius 3 is 3.05 bits per heavy atom. The molecule has 3 aliphatic heterocycles. The van der Waals surface area contributed by atoms with Crippen LogP contribution in [0, 0.1) is 0 Å². The maximum Gasteiger partial charge on any atom is 0.224 e. The summed E-state index contributed by atoms with van der Waals surface area (Å²) >= 11 is 0. The molecule has 0 radical (unpaired) electrons. The van der Waals surface area contributed by atoms with Gasteiger partial charge in [-0.1, -0.05) is 0 Å². The number of nitrogen functional groups attached to an aromatic ring is 1. The number of hydrogen-bond acceptors (Lipinski definition) is 8. The Balaban J connectivity index is 1.76. The first kappa shape index (κ1) is 10.8. The molecule has 5 heterocycles. The second kappa shape index (κ2) is 3.19. The van der Waals surface area contributed by atoms with Crippen molar-refractivity contribution in [3.05, 3.63) is 6.33 Å². The van der Waals surface area contributed by atoms with Crippen LogP contribution in [0.25, 0.3) is 11.2 Å². The van der Waals surface area contributed by atoms with Crippen molar-refractivity contribution in [2.75, 3.05) is 24.4 Å². The molecule has 5 unspecified atom stereocenters. The Morgan fingerprint density at radius 1 is 1.40 bits per heavy atom. The molecule has 0 bridgehead atoms. The Labute approximate surface area is 113 Å². The first-order valence-corrected chi connectivity index (χ1v) is 6.49. The summed E-state index contributed by atoms with van der Waals surface area (Å²) in [6.07, 6.45) is 1.09. The number of nitrogens with two attached hydrogens (primary N) is 1. The number of anilines is 2. The average molecular weight is 275 g/mol. The minimum atomic E-state index is -0.178. The Kier molecular flexibility index (Phi) is 1.72. The molecule has 2 fully saturated rings. The van der Waals surface area contributed by atoms with Crippen LogP contribution in [0.4, 0.5) is 11.8 Å². The molecule has 5 atom stereocenters. The Hall–Kier alpha value is -1.97. The van der Waals surface area contributed by atoms with Crippen molar-refractivity contribution in [2.24, 2.45) is 0 Å². The van der Waals surface area contributed by atoms with Gasteiger partial charge in [0.15, 0.2) is 23.2 Å². The van der Waals surface area contributed by atoms with Crippen molar-refractivity contribution < 1.29 is 9.84 Å². The molecule has 0 aromatic carbocycles. The number of imidazole rings is 1. The van der Waals surface area contributed by atoms with Crippen molar-refractivity contribution in [1.29, 1.82) is 0 Å². The van der Waals surface area contributed by atoms with Crippen molar-refractivity contribution in [2.45, 2.75) is 24.4 Å². The first-order chi connectivity index (χ1) is 9.72. The lowest BCUT2D eigenvalue weighted by Gasteiger charge is -2.34. The Morgan fingerprint density at radius 2 is 2.25 bits per heavy atom. The van der Waals surface area contributed by atoms with E-state index in [1.807, 2.05) is 16.6 Å². The van der Waals surface area contributed by atoms with E-state index >= 15 is 0 Å². The van der Waals surface area contributed by atoms with E-state index in [1.54, 1.807) is 0 Å². The zero-order chi connectivity index (χ0) is 13.6. The van der Waals surface area contributed by atoms with Gasteiger partial charge in [-0.3, -0.25) is 9.58 Å². The quantitative estimate of drug-likeness (QED) is 0.620. The number of fused-ring (bicyclic) bond motifs is 5. The largest absolute Gasteiger partial charge is 0.394 e. The lowest BCUT2D eigenvalue weighted by molar-refractivity contribution is -0.0693. The molecule has 5 rings (SSSR count). The second-order valence-corrected chi connectivity index (χ2v) is 5.35. The Bertz CT molecular complexity index is 731. The fourth-order valence-electron chi connectivity index (χ4n) is 3.53. The number of hydrogen-bond donors (Lipinski definition) is 2. The smallest absolute Gasteiger partial charge is 0.224 e. The minimum Gasteiger partial charge on any atom is -0.394 e. The molecular formula is C11H13N7O2. The highest BCUT2D eigenvalue weighted by Gasteiger charge is 2.68. The van der Waals surface area contributed by atoms with Gasteiger partial charge in [-0.05, 0) is 0 Å². The van der Waals surface area contributed by atoms with Crippen molar-refractivity contribution >= 4 is 22.9 Å². The van der Waals surface area contributed by atoms with E-state index in [0.717, 1.165) is 5.95 Å². The van der Waals surface area contributed by atoms with Crippen molar-refractivity contribution in [3.8, 4) is 0 Å². The molecule has 104 valence electrons. The van der Waals surface area contributed by atoms with Gasteiger partial charge in [0, 0.05) is 7.05 Å². The third-order valence-electron chi connectivity index (χ3n) is 4.42. The highest BCUT2D eigenvalue weighted by Crippen LogP contribution is 2.54. The molecule has 20 heavy (non-hydrogen) atoms. The number of aromatic nitrogens is 4. The van der Waals surface area contributed by atoms with Crippen LogP contribution in [-0.2, 0) is 4.74 Å². The van der Waals surface area contributed by atoms with Gasteiger partial charge in [-0.15, -0.1) is 0 Å². The molecular weight excluding hydrogens is 262 g/mol. The lowest BCUT2D eigenvalue weighted by Crippen LogP contribution is -2.42. The molecule has 3 N–H and O–H groups in total. The molecule has 0 amide bonds. The van der Waals surface area contributed by atoms with Gasteiger partial charge in [-0.2, -0.15) is 0 Å². The molecule has 2 saturated heterocycles. The topological polar surface area (TPSA) is 105 Å². The van der Waals surface area contributed by atoms with E-state index in [1.165, 1.54) is 6.33 Å². The second-order valence-electron chi connectivity index (χ2n) is 5.35. The fourth-order valence-corrected chi connectivity index (χ4v) is 3.53. The van der Waals surface area contributed by atoms with E-state index in [-0.39, 0.29) is 31.0 Å². The summed E-state index contributed by atoms with van der Waals surface area (Å²) in [7, 11) is 1.95. The SMILES string of the molecule is CN1c2nc3c(N)ncnc3n2C2OC(CO)C3C2N31. The number of nitrogens with zero attached hydrogens (tertiary/aromatic N) is 6. The van der Waals surface area contributed by atoms with Crippen molar-refractivity contribution in [3.63, 3.8) is 0 Å². The van der Waals surface area contributed by atoms with Crippen molar-refractivity contribution in [1.82, 2.24) is 24.5 Å². The van der Waals surface area contributed by atoms with E-state index in [4.69, 9.17) is 10.5 Å². The summed E-state index contributed by atoms with van der Waals surface area (Å²) in [5, 5.41) is 13.6. The normalized spacial score (nSPS) is 37.1. The standard InChI is InChI=1S/C11H13N7O2/c1-16-11-15-5-8(12)13-3-14-9(5)17(11)10-7-6(18(7)16)4(2-19)20-10/h3-4,6-7,10,19H,2H2,1H3,(H2,12,13,14). The zero-order valence-electron chi connectivity index (χ0n) is 10.7. The molecule has 2 aromatic rings. The van der Waals surface area contributed by atoms with Crippen LogP contribution >= 0.6 is 0 Å². The number of aliphatic hydroxyl groups is 1. The molecule has 0 aliphatic carbocycles. The molecule has 9 nitrogen and oxygen atoms in total. The number of morpholine rings is 1. The van der Waals surface area contributed by atoms with E-state index < -0.39 is 0 Å². The highest BCUT2D eigenvalue weighted by molar-refractivity contribution is 5.84. The third-order valence-corrected chi connectivity index (χ3v) is 4.42. The maximum atomic E-state index is 9.42. The highest BCUT2D eigenvalue weighted by atomic mass is 16.5. The van der Waals surface area contributed by atoms with E-state index in [2.05, 4.69) is 20.0 Å². The van der Waals surface area contributed by atoms with Gasteiger partial charge >= 0.3 is 0 Å². The van der Waals surface area contributed by atoms with Gasteiger partial charge in [0.2, 0.25) is 5.95 Å². The predicted molar refractivity (Wildman–Crippen MR) is 68.5 cm³/mol. The van der Waals surface area contributed by atoms with Gasteiger partial charge in [-0.25, -0.2) is 20.0 Å². The van der Waals surface area contributed by atoms with Crippen LogP contribution in [0.3, 0.4) is 0 Å². The summed E-state index contributed by atoms with van der Waals surface area (Å²) in [5.74, 6) is 1.11. The molecule has 2 aromatic heterocycles. The number of aliphatic hydroxyl groups excluding tert-OH is 1. The number of ether oxygens (including phenoxy) is 1. The van der Waals surface area contributed by atoms with E-state index in [0.29, 0.717) is 17.0 Å². The van der Waals surface area contributed by atoms with Crippen LogP contribution in [0.1, 0.15) is 6.23 Å². The van der Waals surface area contributed by atoms with Crippen LogP contribution in [0.15, 0.2) is 6.33 Å². The maximum absolute atomic E-state index is 9.42. The minimum absolute atomic E-state index is 0.0150. The predicted octanol–water partition coefficient (Wildman–Crippen LogP) is -1.28. The summed E-state index contributed by atoms with van der Waals surface area (Å²) in [4.78, 5) is 12.8. The fraction of sp³-hybridized carbons (Fsp3) is 0.545. The van der Waals surface area contributed by atoms with Crippen LogP contribution in [-0.4, -0.2) is 61.5 Å². The van der Waals surface area contributed by atoms with Gasteiger partial charge < -0.3 is 15.6 Å². The molecule has 9 heteroatoms. The number of rotatable bonds is 1. The summed E-state index contributed by atoms with van der Waals surface area (Å²) in [5.41, 5.74) is 7.13. The number of hydrazine groups is 1. The summed E-state index contributed by atoms with van der Waals surface area (Å²) in [6.45, 7) is 0.0150. The molecule has 0 spiro atoms. The van der Waals surface area contributed by atoms with Crippen LogP contribution < -0.4 is 10.7 Å². The molecule has 0 saturated carbocycles. The first-order valence-electron chi connectivity index (χ1n) is 6.49. The van der Waals surface area contributed by atoms with Crippen LogP contribution in [0.2, 0.25) is 0 Å². The zero-order valence-corrected chi connectivity index (χ0v) is 10.7. The van der Waals surface area contributed by atoms with E-state index in [9.17, 15) is 5.11 Å². The lowest BCUT2D eigenvalue weighted by atomic mass is 10.2. The van der Waals surface area contributed by atoms with Gasteiger partial charge in [0.1, 0.15) is 12.4 Å². The monoisotopic (exact) mass is 275 g/mol. The van der Waals surface area contributed by atoms with Gasteiger partial charge in [0.25, 0.3) is 0 Å². The average Bonchev–Trinajstić information content (AvgIpc) is 2.88. The van der Waals surface area contributed by atoms with Crippen LogP contribution in [0.5, 0.6) is 0 Å². The summed E-state index contributed by atoms with van der Waals surface area (Å²) in [6, 6.07) is 0.448. The summed E-state index contributed by atoms with van der Waals surface area (Å²) < 4.78 is 7.88. The third kappa shape index (κ3) is 1.00.